The maximum Gasteiger partial charge on any atom is 0.417 e. The maximum atomic E-state index is 12.9. The topological polar surface area (TPSA) is 60.9 Å². The summed E-state index contributed by atoms with van der Waals surface area (Å²) in [5, 5.41) is 3.01. The van der Waals surface area contributed by atoms with Crippen molar-refractivity contribution in [2.75, 3.05) is 63.1 Å². The highest BCUT2D eigenvalue weighted by Crippen LogP contribution is 2.36. The van der Waals surface area contributed by atoms with Gasteiger partial charge in [-0.1, -0.05) is 6.92 Å². The van der Waals surface area contributed by atoms with Crippen LogP contribution in [0.25, 0.3) is 0 Å². The SMILES string of the molecule is CCCN1CCC(c2cc(NC(=O)N3CCN(c4ccc(C(F)(F)F)cn4)CC3)ccc2OC)CC1. The minimum absolute atomic E-state index is 0.191. The molecule has 7 nitrogen and oxygen atoms in total. The summed E-state index contributed by atoms with van der Waals surface area (Å²) in [5.74, 6) is 1.72. The lowest BCUT2D eigenvalue weighted by Gasteiger charge is -2.35. The minimum atomic E-state index is -4.41. The molecule has 2 saturated heterocycles. The fourth-order valence-electron chi connectivity index (χ4n) is 5.00. The van der Waals surface area contributed by atoms with Crippen molar-refractivity contribution in [1.82, 2.24) is 14.8 Å². The van der Waals surface area contributed by atoms with Gasteiger partial charge in [0.15, 0.2) is 0 Å². The van der Waals surface area contributed by atoms with Crippen molar-refractivity contribution in [3.8, 4) is 5.75 Å². The first kappa shape index (κ1) is 26.1. The molecule has 0 radical (unpaired) electrons. The van der Waals surface area contributed by atoms with Gasteiger partial charge in [-0.2, -0.15) is 13.2 Å². The van der Waals surface area contributed by atoms with E-state index in [9.17, 15) is 18.0 Å². The van der Waals surface area contributed by atoms with Crippen LogP contribution in [0.3, 0.4) is 0 Å². The molecule has 1 aromatic carbocycles. The van der Waals surface area contributed by atoms with E-state index in [1.807, 2.05) is 23.1 Å². The first-order valence-corrected chi connectivity index (χ1v) is 12.5. The van der Waals surface area contributed by atoms with Gasteiger partial charge < -0.3 is 24.8 Å². The van der Waals surface area contributed by atoms with E-state index >= 15 is 0 Å². The zero-order valence-electron chi connectivity index (χ0n) is 20.9. The Balaban J connectivity index is 1.34. The molecule has 1 aromatic heterocycles. The van der Waals surface area contributed by atoms with Crippen LogP contribution in [0.15, 0.2) is 36.5 Å². The first-order chi connectivity index (χ1) is 17.3. The number of rotatable bonds is 6. The highest BCUT2D eigenvalue weighted by Gasteiger charge is 2.31. The Kier molecular flexibility index (Phi) is 8.23. The third-order valence-electron chi connectivity index (χ3n) is 7.01. The van der Waals surface area contributed by atoms with Gasteiger partial charge in [-0.3, -0.25) is 0 Å². The molecule has 2 aliphatic rings. The summed E-state index contributed by atoms with van der Waals surface area (Å²) in [5.41, 5.74) is 1.10. The number of piperidine rings is 1. The summed E-state index contributed by atoms with van der Waals surface area (Å²) in [7, 11) is 1.67. The van der Waals surface area contributed by atoms with Crippen LogP contribution in [0.2, 0.25) is 0 Å². The fourth-order valence-corrected chi connectivity index (χ4v) is 5.00. The van der Waals surface area contributed by atoms with Gasteiger partial charge in [0, 0.05) is 38.1 Å². The number of hydrogen-bond donors (Lipinski definition) is 1. The van der Waals surface area contributed by atoms with Crippen LogP contribution in [0.4, 0.5) is 29.5 Å². The molecule has 0 atom stereocenters. The Labute approximate surface area is 210 Å². The van der Waals surface area contributed by atoms with E-state index in [-0.39, 0.29) is 6.03 Å². The molecule has 3 heterocycles. The van der Waals surface area contributed by atoms with E-state index < -0.39 is 11.7 Å². The van der Waals surface area contributed by atoms with Crippen LogP contribution < -0.4 is 15.0 Å². The predicted octanol–water partition coefficient (Wildman–Crippen LogP) is 5.05. The van der Waals surface area contributed by atoms with Gasteiger partial charge in [-0.25, -0.2) is 9.78 Å². The second-order valence-corrected chi connectivity index (χ2v) is 9.38. The quantitative estimate of drug-likeness (QED) is 0.595. The van der Waals surface area contributed by atoms with Crippen molar-refractivity contribution in [3.63, 3.8) is 0 Å². The number of alkyl halides is 3. The monoisotopic (exact) mass is 505 g/mol. The summed E-state index contributed by atoms with van der Waals surface area (Å²) >= 11 is 0. The average molecular weight is 506 g/mol. The number of ether oxygens (including phenoxy) is 1. The Bertz CT molecular complexity index is 1020. The summed E-state index contributed by atoms with van der Waals surface area (Å²) in [4.78, 5) is 23.0. The molecule has 2 aromatic rings. The number of nitrogens with one attached hydrogen (secondary N) is 1. The lowest BCUT2D eigenvalue weighted by molar-refractivity contribution is -0.137. The lowest BCUT2D eigenvalue weighted by Crippen LogP contribution is -2.50. The highest BCUT2D eigenvalue weighted by molar-refractivity contribution is 5.89. The molecule has 4 rings (SSSR count). The van der Waals surface area contributed by atoms with Crippen LogP contribution in [0, 0.1) is 0 Å². The second-order valence-electron chi connectivity index (χ2n) is 9.38. The molecule has 0 unspecified atom stereocenters. The second kappa shape index (κ2) is 11.4. The number of hydrogen-bond acceptors (Lipinski definition) is 5. The van der Waals surface area contributed by atoms with Gasteiger partial charge in [0.2, 0.25) is 0 Å². The maximum absolute atomic E-state index is 12.9. The largest absolute Gasteiger partial charge is 0.496 e. The number of carbonyl (C=O) groups is 1. The molecule has 0 aliphatic carbocycles. The molecule has 10 heteroatoms. The van der Waals surface area contributed by atoms with Gasteiger partial charge in [-0.05, 0) is 80.7 Å². The van der Waals surface area contributed by atoms with Gasteiger partial charge in [0.25, 0.3) is 0 Å². The smallest absolute Gasteiger partial charge is 0.417 e. The van der Waals surface area contributed by atoms with E-state index in [0.29, 0.717) is 37.9 Å². The van der Waals surface area contributed by atoms with E-state index in [1.165, 1.54) is 6.07 Å². The van der Waals surface area contributed by atoms with Crippen LogP contribution in [0.1, 0.15) is 43.2 Å². The number of benzene rings is 1. The molecule has 0 saturated carbocycles. The van der Waals surface area contributed by atoms with Crippen LogP contribution in [-0.2, 0) is 6.18 Å². The summed E-state index contributed by atoms with van der Waals surface area (Å²) in [6.07, 6.45) is -0.272. The van der Waals surface area contributed by atoms with E-state index in [2.05, 4.69) is 22.1 Å². The molecule has 2 aliphatic heterocycles. The first-order valence-electron chi connectivity index (χ1n) is 12.5. The number of piperazine rings is 1. The number of anilines is 2. The third-order valence-corrected chi connectivity index (χ3v) is 7.01. The third kappa shape index (κ3) is 6.21. The molecule has 0 bridgehead atoms. The Hall–Kier alpha value is -3.01. The van der Waals surface area contributed by atoms with Crippen molar-refractivity contribution in [3.05, 3.63) is 47.7 Å². The molecule has 196 valence electrons. The number of methoxy groups -OCH3 is 1. The van der Waals surface area contributed by atoms with Crippen LogP contribution in [0.5, 0.6) is 5.75 Å². The fraction of sp³-hybridized carbons (Fsp3) is 0.538. The van der Waals surface area contributed by atoms with Crippen LogP contribution >= 0.6 is 0 Å². The average Bonchev–Trinajstić information content (AvgIpc) is 2.89. The summed E-state index contributed by atoms with van der Waals surface area (Å²) in [6, 6.07) is 8.02. The van der Waals surface area contributed by atoms with Crippen molar-refractivity contribution in [1.29, 1.82) is 0 Å². The Morgan fingerprint density at radius 2 is 1.81 bits per heavy atom. The molecule has 2 amide bonds. The number of amides is 2. The van der Waals surface area contributed by atoms with Gasteiger partial charge in [-0.15, -0.1) is 0 Å². The lowest BCUT2D eigenvalue weighted by atomic mass is 9.88. The van der Waals surface area contributed by atoms with Gasteiger partial charge in [0.05, 0.1) is 12.7 Å². The van der Waals surface area contributed by atoms with Gasteiger partial charge in [0.1, 0.15) is 11.6 Å². The number of halogens is 3. The molecule has 36 heavy (non-hydrogen) atoms. The van der Waals surface area contributed by atoms with Crippen molar-refractivity contribution in [2.24, 2.45) is 0 Å². The minimum Gasteiger partial charge on any atom is -0.496 e. The van der Waals surface area contributed by atoms with E-state index in [1.54, 1.807) is 12.0 Å². The van der Waals surface area contributed by atoms with Gasteiger partial charge >= 0.3 is 12.2 Å². The normalized spacial score (nSPS) is 17.8. The molecular weight excluding hydrogens is 471 g/mol. The summed E-state index contributed by atoms with van der Waals surface area (Å²) in [6.45, 7) is 7.36. The number of carbonyl (C=O) groups excluding carboxylic acids is 1. The number of urea groups is 1. The van der Waals surface area contributed by atoms with E-state index in [0.717, 1.165) is 68.2 Å². The van der Waals surface area contributed by atoms with Crippen molar-refractivity contribution >= 4 is 17.5 Å². The Morgan fingerprint density at radius 1 is 1.08 bits per heavy atom. The van der Waals surface area contributed by atoms with E-state index in [4.69, 9.17) is 4.74 Å². The van der Waals surface area contributed by atoms with Crippen molar-refractivity contribution < 1.29 is 22.7 Å². The zero-order chi connectivity index (χ0) is 25.7. The number of nitrogens with zero attached hydrogens (tertiary/aromatic N) is 4. The van der Waals surface area contributed by atoms with Crippen LogP contribution in [-0.4, -0.2) is 73.7 Å². The molecule has 0 spiro atoms. The Morgan fingerprint density at radius 3 is 2.39 bits per heavy atom. The number of aromatic nitrogens is 1. The molecule has 2 fully saturated rings. The molecular formula is C26H34F3N5O2. The number of pyridine rings is 1. The zero-order valence-corrected chi connectivity index (χ0v) is 20.9. The highest BCUT2D eigenvalue weighted by atomic mass is 19.4. The van der Waals surface area contributed by atoms with Crippen molar-refractivity contribution in [2.45, 2.75) is 38.3 Å². The summed E-state index contributed by atoms with van der Waals surface area (Å²) < 4.78 is 44.0. The predicted molar refractivity (Wildman–Crippen MR) is 134 cm³/mol. The number of likely N-dealkylation sites (tertiary alicyclic amines) is 1. The standard InChI is InChI=1S/C26H34F3N5O2/c1-3-10-32-11-8-19(9-12-32)22-17-21(5-6-23(22)36-2)31-25(35)34-15-13-33(14-16-34)24-7-4-20(18-30-24)26(27,28)29/h4-7,17-19H,3,8-16H2,1-2H3,(H,31,35). The molecule has 1 N–H and O–H groups in total.